The second kappa shape index (κ2) is 6.07. The van der Waals surface area contributed by atoms with E-state index in [0.29, 0.717) is 12.3 Å². The quantitative estimate of drug-likeness (QED) is 0.948. The highest BCUT2D eigenvalue weighted by molar-refractivity contribution is 5.95. The van der Waals surface area contributed by atoms with Crippen molar-refractivity contribution in [1.29, 1.82) is 0 Å². The molecular weight excluding hydrogens is 288 g/mol. The molecule has 4 rings (SSSR count). The van der Waals surface area contributed by atoms with Gasteiger partial charge in [-0.1, -0.05) is 12.1 Å². The summed E-state index contributed by atoms with van der Waals surface area (Å²) in [6.07, 6.45) is 7.84. The van der Waals surface area contributed by atoms with Crippen LogP contribution in [0.5, 0.6) is 0 Å². The van der Waals surface area contributed by atoms with Crippen LogP contribution in [-0.4, -0.2) is 35.7 Å². The van der Waals surface area contributed by atoms with Crippen molar-refractivity contribution in [2.24, 2.45) is 0 Å². The third-order valence-corrected chi connectivity index (χ3v) is 5.09. The number of hydrogen-bond donors (Lipinski definition) is 1. The van der Waals surface area contributed by atoms with E-state index in [1.165, 1.54) is 11.3 Å². The van der Waals surface area contributed by atoms with Crippen molar-refractivity contribution in [2.75, 3.05) is 29.4 Å². The van der Waals surface area contributed by atoms with Crippen LogP contribution in [0.25, 0.3) is 0 Å². The summed E-state index contributed by atoms with van der Waals surface area (Å²) in [5, 5.41) is 6.91. The standard InChI is InChI=1S/C18H22N4O/c23-18-2-1-9-22(18)16-5-3-14(4-6-16)15-7-10-21(11-8-15)17-12-19-20-13-17/h3-6,12-13,15H,1-2,7-11H2,(H,19,20). The zero-order valence-corrected chi connectivity index (χ0v) is 13.2. The summed E-state index contributed by atoms with van der Waals surface area (Å²) in [5.41, 5.74) is 3.63. The van der Waals surface area contributed by atoms with E-state index in [9.17, 15) is 4.79 Å². The Morgan fingerprint density at radius 1 is 1.04 bits per heavy atom. The van der Waals surface area contributed by atoms with Gasteiger partial charge < -0.3 is 9.80 Å². The summed E-state index contributed by atoms with van der Waals surface area (Å²) < 4.78 is 0. The number of H-pyrrole nitrogens is 1. The molecule has 1 aromatic carbocycles. The Balaban J connectivity index is 1.40. The van der Waals surface area contributed by atoms with Crippen LogP contribution in [0.4, 0.5) is 11.4 Å². The highest BCUT2D eigenvalue weighted by Gasteiger charge is 2.23. The molecule has 0 spiro atoms. The van der Waals surface area contributed by atoms with Crippen LogP contribution >= 0.6 is 0 Å². The molecule has 1 amide bonds. The van der Waals surface area contributed by atoms with Crippen molar-refractivity contribution in [2.45, 2.75) is 31.6 Å². The Labute approximate surface area is 136 Å². The molecule has 0 unspecified atom stereocenters. The molecule has 1 N–H and O–H groups in total. The highest BCUT2D eigenvalue weighted by atomic mass is 16.2. The summed E-state index contributed by atoms with van der Waals surface area (Å²) in [4.78, 5) is 16.1. The van der Waals surface area contributed by atoms with Crippen LogP contribution in [0, 0.1) is 0 Å². The molecule has 2 saturated heterocycles. The van der Waals surface area contributed by atoms with E-state index in [2.05, 4.69) is 39.4 Å². The summed E-state index contributed by atoms with van der Waals surface area (Å²) >= 11 is 0. The number of carbonyl (C=O) groups excluding carboxylic acids is 1. The lowest BCUT2D eigenvalue weighted by molar-refractivity contribution is -0.117. The number of carbonyl (C=O) groups is 1. The Morgan fingerprint density at radius 3 is 2.43 bits per heavy atom. The number of amides is 1. The Morgan fingerprint density at radius 2 is 1.83 bits per heavy atom. The normalized spacial score (nSPS) is 19.6. The van der Waals surface area contributed by atoms with E-state index in [1.54, 1.807) is 0 Å². The second-order valence-corrected chi connectivity index (χ2v) is 6.46. The maximum Gasteiger partial charge on any atom is 0.227 e. The molecule has 0 bridgehead atoms. The fourth-order valence-electron chi connectivity index (χ4n) is 3.74. The molecule has 0 atom stereocenters. The van der Waals surface area contributed by atoms with E-state index in [4.69, 9.17) is 0 Å². The molecule has 2 aromatic rings. The van der Waals surface area contributed by atoms with Crippen LogP contribution in [0.15, 0.2) is 36.7 Å². The van der Waals surface area contributed by atoms with Gasteiger partial charge in [0, 0.05) is 37.9 Å². The number of aromatic nitrogens is 2. The van der Waals surface area contributed by atoms with Gasteiger partial charge in [0.2, 0.25) is 5.91 Å². The van der Waals surface area contributed by atoms with Gasteiger partial charge in [0.1, 0.15) is 0 Å². The third kappa shape index (κ3) is 2.83. The average Bonchev–Trinajstić information content (AvgIpc) is 3.27. The van der Waals surface area contributed by atoms with Crippen LogP contribution < -0.4 is 9.80 Å². The molecule has 0 aliphatic carbocycles. The van der Waals surface area contributed by atoms with Crippen molar-refractivity contribution in [3.63, 3.8) is 0 Å². The number of rotatable bonds is 3. The lowest BCUT2D eigenvalue weighted by atomic mass is 9.89. The van der Waals surface area contributed by atoms with E-state index in [1.807, 2.05) is 17.3 Å². The van der Waals surface area contributed by atoms with Crippen LogP contribution in [0.1, 0.15) is 37.2 Å². The molecule has 3 heterocycles. The van der Waals surface area contributed by atoms with Gasteiger partial charge in [0.15, 0.2) is 0 Å². The van der Waals surface area contributed by atoms with Gasteiger partial charge in [-0.2, -0.15) is 5.10 Å². The molecule has 2 aliphatic rings. The second-order valence-electron chi connectivity index (χ2n) is 6.46. The zero-order valence-electron chi connectivity index (χ0n) is 13.2. The SMILES string of the molecule is O=C1CCCN1c1ccc(C2CCN(c3cn[nH]c3)CC2)cc1. The predicted molar refractivity (Wildman–Crippen MR) is 90.8 cm³/mol. The maximum absolute atomic E-state index is 11.8. The first-order chi connectivity index (χ1) is 11.3. The summed E-state index contributed by atoms with van der Waals surface area (Å²) in [5.74, 6) is 0.868. The Kier molecular flexibility index (Phi) is 3.77. The van der Waals surface area contributed by atoms with Gasteiger partial charge in [0.25, 0.3) is 0 Å². The molecule has 120 valence electrons. The molecule has 23 heavy (non-hydrogen) atoms. The van der Waals surface area contributed by atoms with Gasteiger partial charge in [-0.15, -0.1) is 0 Å². The monoisotopic (exact) mass is 310 g/mol. The summed E-state index contributed by atoms with van der Waals surface area (Å²) in [6, 6.07) is 8.64. The fraction of sp³-hybridized carbons (Fsp3) is 0.444. The van der Waals surface area contributed by atoms with Crippen molar-refractivity contribution in [3.05, 3.63) is 42.2 Å². The smallest absolute Gasteiger partial charge is 0.227 e. The van der Waals surface area contributed by atoms with Crippen molar-refractivity contribution >= 4 is 17.3 Å². The number of hydrogen-bond acceptors (Lipinski definition) is 3. The molecule has 0 radical (unpaired) electrons. The van der Waals surface area contributed by atoms with Crippen molar-refractivity contribution in [1.82, 2.24) is 10.2 Å². The lowest BCUT2D eigenvalue weighted by Crippen LogP contribution is -2.32. The first-order valence-electron chi connectivity index (χ1n) is 8.45. The minimum atomic E-state index is 0.256. The molecule has 2 fully saturated rings. The Hall–Kier alpha value is -2.30. The van der Waals surface area contributed by atoms with Crippen molar-refractivity contribution < 1.29 is 4.79 Å². The van der Waals surface area contributed by atoms with Crippen LogP contribution in [0.3, 0.4) is 0 Å². The highest BCUT2D eigenvalue weighted by Crippen LogP contribution is 2.31. The van der Waals surface area contributed by atoms with E-state index >= 15 is 0 Å². The van der Waals surface area contributed by atoms with E-state index in [0.717, 1.165) is 44.6 Å². The zero-order chi connectivity index (χ0) is 15.6. The number of benzene rings is 1. The first-order valence-corrected chi connectivity index (χ1v) is 8.45. The Bertz CT molecular complexity index is 657. The predicted octanol–water partition coefficient (Wildman–Crippen LogP) is 2.92. The third-order valence-electron chi connectivity index (χ3n) is 5.09. The molecule has 1 aromatic heterocycles. The average molecular weight is 310 g/mol. The minimum absolute atomic E-state index is 0.256. The van der Waals surface area contributed by atoms with Crippen molar-refractivity contribution in [3.8, 4) is 0 Å². The largest absolute Gasteiger partial charge is 0.369 e. The van der Waals surface area contributed by atoms with E-state index < -0.39 is 0 Å². The van der Waals surface area contributed by atoms with Gasteiger partial charge >= 0.3 is 0 Å². The molecule has 5 heteroatoms. The van der Waals surface area contributed by atoms with E-state index in [-0.39, 0.29) is 5.91 Å². The first kappa shape index (κ1) is 14.3. The lowest BCUT2D eigenvalue weighted by Gasteiger charge is -2.33. The summed E-state index contributed by atoms with van der Waals surface area (Å²) in [6.45, 7) is 2.99. The molecule has 2 aliphatic heterocycles. The summed E-state index contributed by atoms with van der Waals surface area (Å²) in [7, 11) is 0. The number of nitrogens with one attached hydrogen (secondary N) is 1. The molecule has 5 nitrogen and oxygen atoms in total. The molecule has 0 saturated carbocycles. The molecular formula is C18H22N4O. The maximum atomic E-state index is 11.8. The number of piperidine rings is 1. The number of aromatic amines is 1. The van der Waals surface area contributed by atoms with Crippen LogP contribution in [0.2, 0.25) is 0 Å². The van der Waals surface area contributed by atoms with Gasteiger partial charge in [0.05, 0.1) is 11.9 Å². The minimum Gasteiger partial charge on any atom is -0.369 e. The van der Waals surface area contributed by atoms with Gasteiger partial charge in [-0.25, -0.2) is 0 Å². The van der Waals surface area contributed by atoms with Gasteiger partial charge in [-0.05, 0) is 42.9 Å². The topological polar surface area (TPSA) is 52.2 Å². The fourth-order valence-corrected chi connectivity index (χ4v) is 3.74. The number of anilines is 2. The van der Waals surface area contributed by atoms with Gasteiger partial charge in [-0.3, -0.25) is 9.89 Å². The van der Waals surface area contributed by atoms with Crippen LogP contribution in [-0.2, 0) is 4.79 Å². The number of nitrogens with zero attached hydrogens (tertiary/aromatic N) is 3.